The smallest absolute Gasteiger partial charge is 0.209 e. The monoisotopic (exact) mass is 368 g/mol. The highest BCUT2D eigenvalue weighted by Gasteiger charge is 2.11. The summed E-state index contributed by atoms with van der Waals surface area (Å²) in [7, 11) is 0. The Morgan fingerprint density at radius 1 is 1.19 bits per heavy atom. The molecule has 0 radical (unpaired) electrons. The second kappa shape index (κ2) is 7.76. The summed E-state index contributed by atoms with van der Waals surface area (Å²) < 4.78 is 15.4. The van der Waals surface area contributed by atoms with Gasteiger partial charge in [-0.2, -0.15) is 5.10 Å². The molecular formula is C19H14ClFN4O. The highest BCUT2D eigenvalue weighted by molar-refractivity contribution is 6.30. The van der Waals surface area contributed by atoms with Gasteiger partial charge in [0.2, 0.25) is 5.43 Å². The molecule has 3 rings (SSSR count). The molecule has 2 N–H and O–H groups in total. The zero-order chi connectivity index (χ0) is 18.5. The Balaban J connectivity index is 2.15. The van der Waals surface area contributed by atoms with Crippen molar-refractivity contribution in [1.29, 1.82) is 0 Å². The Bertz CT molecular complexity index is 1060. The first-order valence-corrected chi connectivity index (χ1v) is 8.04. The average molecular weight is 369 g/mol. The van der Waals surface area contributed by atoms with E-state index in [0.717, 1.165) is 0 Å². The standard InChI is InChI=1S/C19H14ClFN4O/c20-13-4-3-5-14(12-13)25-11-9-18(26)19(24-25)17(8-10-22)23-16-7-2-1-6-15(16)21/h1-12H,22H2. The Hall–Kier alpha value is -3.25. The average Bonchev–Trinajstić information content (AvgIpc) is 2.63. The molecule has 1 aromatic heterocycles. The molecule has 2 aromatic carbocycles. The van der Waals surface area contributed by atoms with E-state index < -0.39 is 5.82 Å². The van der Waals surface area contributed by atoms with Gasteiger partial charge in [0.15, 0.2) is 5.69 Å². The summed E-state index contributed by atoms with van der Waals surface area (Å²) >= 11 is 6.01. The number of nitrogens with zero attached hydrogens (tertiary/aromatic N) is 3. The Morgan fingerprint density at radius 2 is 2.00 bits per heavy atom. The van der Waals surface area contributed by atoms with Crippen LogP contribution in [0.5, 0.6) is 0 Å². The van der Waals surface area contributed by atoms with E-state index in [2.05, 4.69) is 10.1 Å². The lowest BCUT2D eigenvalue weighted by molar-refractivity contribution is 0.630. The van der Waals surface area contributed by atoms with Crippen molar-refractivity contribution in [1.82, 2.24) is 9.78 Å². The number of aromatic nitrogens is 2. The van der Waals surface area contributed by atoms with Crippen molar-refractivity contribution in [3.05, 3.63) is 99.8 Å². The van der Waals surface area contributed by atoms with E-state index in [0.29, 0.717) is 10.7 Å². The molecule has 0 aliphatic heterocycles. The lowest BCUT2D eigenvalue weighted by atomic mass is 10.2. The van der Waals surface area contributed by atoms with Gasteiger partial charge in [0, 0.05) is 17.3 Å². The molecule has 0 unspecified atom stereocenters. The fraction of sp³-hybridized carbons (Fsp3) is 0. The summed E-state index contributed by atoms with van der Waals surface area (Å²) in [5.74, 6) is -0.512. The number of hydrogen-bond donors (Lipinski definition) is 1. The summed E-state index contributed by atoms with van der Waals surface area (Å²) in [6.45, 7) is 0. The minimum atomic E-state index is -0.512. The summed E-state index contributed by atoms with van der Waals surface area (Å²) in [6, 6.07) is 14.3. The second-order valence-electron chi connectivity index (χ2n) is 5.26. The Labute approximate surface area is 153 Å². The van der Waals surface area contributed by atoms with Crippen molar-refractivity contribution in [2.24, 2.45) is 10.7 Å². The highest BCUT2D eigenvalue weighted by Crippen LogP contribution is 2.18. The van der Waals surface area contributed by atoms with Crippen molar-refractivity contribution in [2.45, 2.75) is 0 Å². The fourth-order valence-electron chi connectivity index (χ4n) is 2.28. The van der Waals surface area contributed by atoms with Gasteiger partial charge in [0.25, 0.3) is 0 Å². The molecule has 26 heavy (non-hydrogen) atoms. The molecule has 5 nitrogen and oxygen atoms in total. The van der Waals surface area contributed by atoms with Crippen LogP contribution in [0.4, 0.5) is 10.1 Å². The fourth-order valence-corrected chi connectivity index (χ4v) is 2.46. The summed E-state index contributed by atoms with van der Waals surface area (Å²) in [4.78, 5) is 16.5. The third-order valence-corrected chi connectivity index (χ3v) is 3.71. The van der Waals surface area contributed by atoms with Gasteiger partial charge in [-0.15, -0.1) is 0 Å². The van der Waals surface area contributed by atoms with Gasteiger partial charge >= 0.3 is 0 Å². The largest absolute Gasteiger partial charge is 0.405 e. The first-order chi connectivity index (χ1) is 12.6. The van der Waals surface area contributed by atoms with Gasteiger partial charge < -0.3 is 5.73 Å². The van der Waals surface area contributed by atoms with E-state index in [1.807, 2.05) is 0 Å². The van der Waals surface area contributed by atoms with Crippen molar-refractivity contribution < 1.29 is 4.39 Å². The van der Waals surface area contributed by atoms with Crippen LogP contribution < -0.4 is 11.2 Å². The molecular weight excluding hydrogens is 355 g/mol. The van der Waals surface area contributed by atoms with E-state index >= 15 is 0 Å². The molecule has 0 atom stereocenters. The predicted molar refractivity (Wildman–Crippen MR) is 101 cm³/mol. The number of para-hydroxylation sites is 1. The highest BCUT2D eigenvalue weighted by atomic mass is 35.5. The number of benzene rings is 2. The number of hydrogen-bond acceptors (Lipinski definition) is 4. The predicted octanol–water partition coefficient (Wildman–Crippen LogP) is 3.62. The maximum atomic E-state index is 13.9. The van der Waals surface area contributed by atoms with Gasteiger partial charge in [0.05, 0.1) is 17.1 Å². The zero-order valence-corrected chi connectivity index (χ0v) is 14.3. The Kier molecular flexibility index (Phi) is 5.24. The molecule has 1 heterocycles. The van der Waals surface area contributed by atoms with E-state index in [-0.39, 0.29) is 22.5 Å². The molecule has 3 aromatic rings. The lowest BCUT2D eigenvalue weighted by Gasteiger charge is -2.08. The summed E-state index contributed by atoms with van der Waals surface area (Å²) in [5.41, 5.74) is 6.05. The van der Waals surface area contributed by atoms with Crippen molar-refractivity contribution in [2.75, 3.05) is 0 Å². The van der Waals surface area contributed by atoms with E-state index in [9.17, 15) is 9.18 Å². The SMILES string of the molecule is NC=CC(=Nc1ccccc1F)c1nn(-c2cccc(Cl)c2)ccc1=O. The van der Waals surface area contributed by atoms with Crippen molar-refractivity contribution in [3.63, 3.8) is 0 Å². The van der Waals surface area contributed by atoms with Crippen LogP contribution in [0.3, 0.4) is 0 Å². The van der Waals surface area contributed by atoms with Crippen LogP contribution in [0.1, 0.15) is 5.69 Å². The van der Waals surface area contributed by atoms with Crippen LogP contribution in [0, 0.1) is 5.82 Å². The molecule has 0 saturated heterocycles. The third kappa shape index (κ3) is 3.87. The van der Waals surface area contributed by atoms with E-state index in [1.165, 1.54) is 41.4 Å². The van der Waals surface area contributed by atoms with Crippen LogP contribution in [0.15, 0.2) is 82.9 Å². The number of allylic oxidation sites excluding steroid dienone is 1. The first-order valence-electron chi connectivity index (χ1n) is 7.66. The number of aliphatic imine (C=N–C) groups is 1. The van der Waals surface area contributed by atoms with Gasteiger partial charge in [0.1, 0.15) is 5.82 Å². The molecule has 7 heteroatoms. The number of halogens is 2. The van der Waals surface area contributed by atoms with Gasteiger partial charge in [-0.05, 0) is 42.6 Å². The van der Waals surface area contributed by atoms with Crippen LogP contribution in [0.2, 0.25) is 5.02 Å². The second-order valence-corrected chi connectivity index (χ2v) is 5.70. The molecule has 0 bridgehead atoms. The van der Waals surface area contributed by atoms with Crippen LogP contribution >= 0.6 is 11.6 Å². The van der Waals surface area contributed by atoms with Crippen molar-refractivity contribution >= 4 is 23.0 Å². The van der Waals surface area contributed by atoms with Crippen LogP contribution in [0.25, 0.3) is 5.69 Å². The molecule has 0 aliphatic carbocycles. The molecule has 0 amide bonds. The van der Waals surface area contributed by atoms with Gasteiger partial charge in [-0.25, -0.2) is 14.1 Å². The minimum absolute atomic E-state index is 0.0393. The molecule has 0 spiro atoms. The van der Waals surface area contributed by atoms with Gasteiger partial charge in [-0.3, -0.25) is 4.79 Å². The van der Waals surface area contributed by atoms with Crippen LogP contribution in [-0.4, -0.2) is 15.5 Å². The molecule has 0 aliphatic rings. The maximum Gasteiger partial charge on any atom is 0.209 e. The zero-order valence-electron chi connectivity index (χ0n) is 13.5. The molecule has 0 fully saturated rings. The van der Waals surface area contributed by atoms with Gasteiger partial charge in [-0.1, -0.05) is 29.8 Å². The minimum Gasteiger partial charge on any atom is -0.405 e. The van der Waals surface area contributed by atoms with E-state index in [1.54, 1.807) is 36.4 Å². The Morgan fingerprint density at radius 3 is 2.73 bits per heavy atom. The van der Waals surface area contributed by atoms with E-state index in [4.69, 9.17) is 17.3 Å². The third-order valence-electron chi connectivity index (χ3n) is 3.47. The quantitative estimate of drug-likeness (QED) is 0.715. The van der Waals surface area contributed by atoms with Crippen LogP contribution in [-0.2, 0) is 0 Å². The maximum absolute atomic E-state index is 13.9. The summed E-state index contributed by atoms with van der Waals surface area (Å²) in [5, 5.41) is 4.85. The number of rotatable bonds is 4. The normalized spacial score (nSPS) is 11.8. The molecule has 130 valence electrons. The number of nitrogens with two attached hydrogens (primary N) is 1. The van der Waals surface area contributed by atoms with Crippen molar-refractivity contribution in [3.8, 4) is 5.69 Å². The molecule has 0 saturated carbocycles. The topological polar surface area (TPSA) is 73.3 Å². The first kappa shape index (κ1) is 17.6. The lowest BCUT2D eigenvalue weighted by Crippen LogP contribution is -2.20. The summed E-state index contributed by atoms with van der Waals surface area (Å²) in [6.07, 6.45) is 4.14.